The molecule has 1 heterocycles. The Morgan fingerprint density at radius 3 is 2.45 bits per heavy atom. The molecule has 0 bridgehead atoms. The molecule has 0 radical (unpaired) electrons. The van der Waals surface area contributed by atoms with E-state index in [2.05, 4.69) is 15.2 Å². The molecule has 0 atom stereocenters. The van der Waals surface area contributed by atoms with Gasteiger partial charge in [-0.05, 0) is 29.8 Å². The first kappa shape index (κ1) is 14.7. The third-order valence-corrected chi connectivity index (χ3v) is 2.45. The summed E-state index contributed by atoms with van der Waals surface area (Å²) < 4.78 is 55.7. The predicted molar refractivity (Wildman–Crippen MR) is 61.3 cm³/mol. The number of rotatable bonds is 2. The molecule has 10 heteroatoms. The Balaban J connectivity index is 2.37. The molecular weight excluding hydrogens is 325 g/mol. The van der Waals surface area contributed by atoms with Gasteiger partial charge >= 0.3 is 6.18 Å². The zero-order valence-electron chi connectivity index (χ0n) is 9.25. The first-order valence-corrected chi connectivity index (χ1v) is 5.63. The van der Waals surface area contributed by atoms with Crippen LogP contribution in [-0.4, -0.2) is 15.2 Å². The van der Waals surface area contributed by atoms with E-state index in [0.717, 1.165) is 6.07 Å². The molecule has 20 heavy (non-hydrogen) atoms. The smallest absolute Gasteiger partial charge is 0.419 e. The molecule has 0 aliphatic carbocycles. The van der Waals surface area contributed by atoms with Crippen LogP contribution >= 0.6 is 23.2 Å². The quantitative estimate of drug-likeness (QED) is 0.778. The maximum Gasteiger partial charge on any atom is 0.419 e. The summed E-state index contributed by atoms with van der Waals surface area (Å²) in [6, 6.07) is 2.07. The summed E-state index contributed by atoms with van der Waals surface area (Å²) in [7, 11) is 0. The predicted octanol–water partition coefficient (Wildman–Crippen LogP) is 4.13. The fraction of sp³-hybridized carbons (Fsp3) is 0.100. The number of ether oxygens (including phenoxy) is 1. The van der Waals surface area contributed by atoms with Gasteiger partial charge in [0, 0.05) is 0 Å². The van der Waals surface area contributed by atoms with Crippen LogP contribution < -0.4 is 4.74 Å². The number of alkyl halides is 3. The zero-order chi connectivity index (χ0) is 14.9. The number of halogens is 6. The Kier molecular flexibility index (Phi) is 3.96. The number of aromatic nitrogens is 3. The first-order valence-electron chi connectivity index (χ1n) is 4.87. The van der Waals surface area contributed by atoms with E-state index < -0.39 is 17.6 Å². The highest BCUT2D eigenvalue weighted by molar-refractivity contribution is 6.31. The lowest BCUT2D eigenvalue weighted by atomic mass is 10.2. The van der Waals surface area contributed by atoms with Crippen LogP contribution in [0.15, 0.2) is 18.2 Å². The number of benzene rings is 1. The van der Waals surface area contributed by atoms with Gasteiger partial charge in [-0.2, -0.15) is 18.2 Å². The van der Waals surface area contributed by atoms with E-state index in [1.54, 1.807) is 0 Å². The van der Waals surface area contributed by atoms with Gasteiger partial charge in [-0.25, -0.2) is 4.39 Å². The average Bonchev–Trinajstić information content (AvgIpc) is 2.35. The monoisotopic (exact) mass is 327 g/mol. The van der Waals surface area contributed by atoms with Crippen LogP contribution in [0.25, 0.3) is 0 Å². The van der Waals surface area contributed by atoms with Gasteiger partial charge < -0.3 is 4.74 Å². The molecule has 0 unspecified atom stereocenters. The van der Waals surface area contributed by atoms with E-state index in [1.165, 1.54) is 0 Å². The third-order valence-electron chi connectivity index (χ3n) is 2.05. The Bertz CT molecular complexity index is 651. The molecule has 1 aromatic carbocycles. The van der Waals surface area contributed by atoms with E-state index >= 15 is 0 Å². The summed E-state index contributed by atoms with van der Waals surface area (Å²) >= 11 is 11.0. The molecule has 106 valence electrons. The standard InChI is InChI=1S/C10H3Cl2F4N3O/c11-7-8(17-9(12)19-18-7)20-4-1-2-6(13)5(3-4)10(14,15)16/h1-3H. The first-order chi connectivity index (χ1) is 9.27. The Hall–Kier alpha value is -1.67. The van der Waals surface area contributed by atoms with Gasteiger partial charge in [0.25, 0.3) is 5.88 Å². The number of nitrogens with zero attached hydrogens (tertiary/aromatic N) is 3. The summed E-state index contributed by atoms with van der Waals surface area (Å²) in [6.07, 6.45) is -4.85. The second-order valence-corrected chi connectivity index (χ2v) is 4.11. The van der Waals surface area contributed by atoms with Crippen molar-refractivity contribution in [2.45, 2.75) is 6.18 Å². The van der Waals surface area contributed by atoms with Crippen molar-refractivity contribution in [3.63, 3.8) is 0 Å². The Morgan fingerprint density at radius 2 is 1.80 bits per heavy atom. The van der Waals surface area contributed by atoms with Crippen LogP contribution in [-0.2, 0) is 6.18 Å². The molecule has 0 saturated heterocycles. The molecule has 0 spiro atoms. The van der Waals surface area contributed by atoms with Crippen molar-refractivity contribution in [1.29, 1.82) is 0 Å². The summed E-state index contributed by atoms with van der Waals surface area (Å²) in [5.74, 6) is -2.08. The summed E-state index contributed by atoms with van der Waals surface area (Å²) in [5.41, 5.74) is -1.47. The largest absolute Gasteiger partial charge is 0.436 e. The van der Waals surface area contributed by atoms with Crippen molar-refractivity contribution < 1.29 is 22.3 Å². The molecule has 2 rings (SSSR count). The zero-order valence-corrected chi connectivity index (χ0v) is 10.8. The molecule has 2 aromatic rings. The summed E-state index contributed by atoms with van der Waals surface area (Å²) in [4.78, 5) is 3.54. The van der Waals surface area contributed by atoms with Crippen molar-refractivity contribution in [3.8, 4) is 11.6 Å². The van der Waals surface area contributed by atoms with Gasteiger partial charge in [0.05, 0.1) is 5.56 Å². The van der Waals surface area contributed by atoms with Gasteiger partial charge in [0.2, 0.25) is 10.4 Å². The lowest BCUT2D eigenvalue weighted by Gasteiger charge is -2.10. The van der Waals surface area contributed by atoms with Crippen LogP contribution in [0.3, 0.4) is 0 Å². The highest BCUT2D eigenvalue weighted by Gasteiger charge is 2.34. The lowest BCUT2D eigenvalue weighted by Crippen LogP contribution is -2.08. The molecule has 0 aliphatic rings. The van der Waals surface area contributed by atoms with Crippen LogP contribution in [0.4, 0.5) is 17.6 Å². The Morgan fingerprint density at radius 1 is 1.10 bits per heavy atom. The average molecular weight is 328 g/mol. The van der Waals surface area contributed by atoms with Crippen molar-refractivity contribution in [2.24, 2.45) is 0 Å². The minimum Gasteiger partial charge on any atom is -0.436 e. The Labute approximate surface area is 119 Å². The topological polar surface area (TPSA) is 47.9 Å². The number of hydrogen-bond acceptors (Lipinski definition) is 4. The molecule has 1 aromatic heterocycles. The van der Waals surface area contributed by atoms with E-state index in [4.69, 9.17) is 27.9 Å². The maximum absolute atomic E-state index is 13.1. The van der Waals surface area contributed by atoms with Gasteiger partial charge in [-0.3, -0.25) is 0 Å². The van der Waals surface area contributed by atoms with Crippen LogP contribution in [0.2, 0.25) is 10.4 Å². The fourth-order valence-corrected chi connectivity index (χ4v) is 1.48. The van der Waals surface area contributed by atoms with Crippen molar-refractivity contribution in [1.82, 2.24) is 15.2 Å². The van der Waals surface area contributed by atoms with Crippen molar-refractivity contribution in [2.75, 3.05) is 0 Å². The lowest BCUT2D eigenvalue weighted by molar-refractivity contribution is -0.140. The molecule has 0 aliphatic heterocycles. The SMILES string of the molecule is Fc1ccc(Oc2nc(Cl)nnc2Cl)cc1C(F)(F)F. The summed E-state index contributed by atoms with van der Waals surface area (Å²) in [6.45, 7) is 0. The highest BCUT2D eigenvalue weighted by Crippen LogP contribution is 2.35. The van der Waals surface area contributed by atoms with Crippen molar-refractivity contribution >= 4 is 23.2 Å². The van der Waals surface area contributed by atoms with Crippen molar-refractivity contribution in [3.05, 3.63) is 40.0 Å². The van der Waals surface area contributed by atoms with Gasteiger partial charge in [0.15, 0.2) is 0 Å². The molecular formula is C10H3Cl2F4N3O. The third kappa shape index (κ3) is 3.26. The fourth-order valence-electron chi connectivity index (χ4n) is 1.24. The minimum atomic E-state index is -4.85. The summed E-state index contributed by atoms with van der Waals surface area (Å²) in [5, 5.41) is 6.07. The molecule has 0 fully saturated rings. The molecule has 4 nitrogen and oxygen atoms in total. The maximum atomic E-state index is 13.1. The van der Waals surface area contributed by atoms with Gasteiger partial charge in [0.1, 0.15) is 11.6 Å². The second kappa shape index (κ2) is 5.37. The molecule has 0 N–H and O–H groups in total. The highest BCUT2D eigenvalue weighted by atomic mass is 35.5. The van der Waals surface area contributed by atoms with Gasteiger partial charge in [-0.15, -0.1) is 10.2 Å². The minimum absolute atomic E-state index is 0.299. The van der Waals surface area contributed by atoms with Crippen LogP contribution in [0.1, 0.15) is 5.56 Å². The van der Waals surface area contributed by atoms with Gasteiger partial charge in [-0.1, -0.05) is 11.6 Å². The van der Waals surface area contributed by atoms with Crippen LogP contribution in [0, 0.1) is 5.82 Å². The van der Waals surface area contributed by atoms with E-state index in [0.29, 0.717) is 12.1 Å². The molecule has 0 amide bonds. The molecule has 0 saturated carbocycles. The van der Waals surface area contributed by atoms with E-state index in [-0.39, 0.29) is 22.1 Å². The van der Waals surface area contributed by atoms with E-state index in [9.17, 15) is 17.6 Å². The normalized spacial score (nSPS) is 11.5. The van der Waals surface area contributed by atoms with E-state index in [1.807, 2.05) is 0 Å². The second-order valence-electron chi connectivity index (χ2n) is 3.42. The number of hydrogen-bond donors (Lipinski definition) is 0. The van der Waals surface area contributed by atoms with Crippen LogP contribution in [0.5, 0.6) is 11.6 Å².